The van der Waals surface area contributed by atoms with E-state index in [1.165, 1.54) is 12.4 Å². The van der Waals surface area contributed by atoms with Crippen LogP contribution in [0.5, 0.6) is 0 Å². The van der Waals surface area contributed by atoms with E-state index in [-0.39, 0.29) is 29.6 Å². The van der Waals surface area contributed by atoms with Gasteiger partial charge in [-0.2, -0.15) is 8.42 Å². The van der Waals surface area contributed by atoms with E-state index in [0.717, 1.165) is 15.8 Å². The van der Waals surface area contributed by atoms with Crippen molar-refractivity contribution < 1.29 is 17.6 Å². The van der Waals surface area contributed by atoms with Crippen molar-refractivity contribution >= 4 is 39.9 Å². The number of nitrogens with one attached hydrogen (secondary N) is 1. The van der Waals surface area contributed by atoms with Crippen LogP contribution in [0.3, 0.4) is 0 Å². The van der Waals surface area contributed by atoms with Crippen molar-refractivity contribution in [3.8, 4) is 11.1 Å². The third kappa shape index (κ3) is 4.40. The third-order valence-electron chi connectivity index (χ3n) is 2.16. The Morgan fingerprint density at radius 2 is 1.44 bits per heavy atom. The molecule has 2 aromatic rings. The van der Waals surface area contributed by atoms with E-state index in [2.05, 4.69) is 0 Å². The maximum atomic E-state index is 10.6. The number of nitrogens with zero attached hydrogens (tertiary/aromatic N) is 1. The van der Waals surface area contributed by atoms with Gasteiger partial charge in [0.05, 0.1) is 0 Å². The van der Waals surface area contributed by atoms with Crippen LogP contribution in [0.1, 0.15) is 0 Å². The molecule has 0 atom stereocenters. The molecule has 0 spiro atoms. The third-order valence-corrected chi connectivity index (χ3v) is 2.60. The molecule has 7 heteroatoms. The van der Waals surface area contributed by atoms with Crippen LogP contribution in [0.4, 0.5) is 0 Å². The Kier molecular flexibility index (Phi) is 5.30. The van der Waals surface area contributed by atoms with Crippen LogP contribution in [0, 0.1) is 0 Å². The molecule has 0 aliphatic carbocycles. The van der Waals surface area contributed by atoms with E-state index in [1.54, 1.807) is 12.1 Å². The van der Waals surface area contributed by atoms with Gasteiger partial charge in [-0.05, 0) is 11.1 Å². The van der Waals surface area contributed by atoms with Crippen molar-refractivity contribution in [3.63, 3.8) is 0 Å². The van der Waals surface area contributed by atoms with Gasteiger partial charge in [0.25, 0.3) is 0 Å². The first kappa shape index (κ1) is 15.1. The quantitative estimate of drug-likeness (QED) is 0.482. The molecule has 1 heterocycles. The van der Waals surface area contributed by atoms with E-state index in [9.17, 15) is 8.42 Å². The summed E-state index contributed by atoms with van der Waals surface area (Å²) in [6.45, 7) is 0. The fraction of sp³-hybridized carbons (Fsp3) is 0. The van der Waals surface area contributed by atoms with Gasteiger partial charge >= 0.3 is 39.9 Å². The van der Waals surface area contributed by atoms with E-state index in [1.807, 2.05) is 35.2 Å². The van der Waals surface area contributed by atoms with Gasteiger partial charge in [0.15, 0.2) is 0 Å². The zero-order chi connectivity index (χ0) is 12.3. The average molecular weight is 275 g/mol. The molecular weight excluding hydrogens is 263 g/mol. The van der Waals surface area contributed by atoms with Crippen molar-refractivity contribution in [2.45, 2.75) is 0 Å². The molecule has 0 saturated carbocycles. The summed E-state index contributed by atoms with van der Waals surface area (Å²) in [6, 6.07) is 13.2. The summed E-state index contributed by atoms with van der Waals surface area (Å²) in [7, 11) is -4.24. The average Bonchev–Trinajstić information content (AvgIpc) is 2.29. The minimum atomic E-state index is -4.24. The zero-order valence-electron chi connectivity index (χ0n) is 8.82. The topological polar surface area (TPSA) is 70.3 Å². The Balaban J connectivity index is 0.00000162. The van der Waals surface area contributed by atoms with Gasteiger partial charge in [0, 0.05) is 12.1 Å². The molecule has 2 rings (SSSR count). The van der Waals surface area contributed by atoms with E-state index < -0.39 is 10.3 Å². The molecule has 0 fully saturated rings. The molecule has 0 bridgehead atoms. The first-order chi connectivity index (χ1) is 8.04. The molecule has 0 aliphatic heterocycles. The molecule has 0 aliphatic rings. The summed E-state index contributed by atoms with van der Waals surface area (Å²) in [5, 5.41) is 0. The second-order valence-corrected chi connectivity index (χ2v) is 4.56. The van der Waals surface area contributed by atoms with E-state index >= 15 is 0 Å². The first-order valence-electron chi connectivity index (χ1n) is 4.86. The fourth-order valence-corrected chi connectivity index (χ4v) is 1.83. The summed E-state index contributed by atoms with van der Waals surface area (Å²) in [6.07, 6.45) is 3.02. The van der Waals surface area contributed by atoms with Crippen molar-refractivity contribution in [2.75, 3.05) is 4.83 Å². The van der Waals surface area contributed by atoms with Crippen molar-refractivity contribution in [1.29, 1.82) is 0 Å². The first-order valence-corrected chi connectivity index (χ1v) is 6.30. The molecule has 90 valence electrons. The molecule has 1 aromatic heterocycles. The molecule has 1 aromatic carbocycles. The Bertz CT molecular complexity index is 600. The Morgan fingerprint density at radius 3 is 1.94 bits per heavy atom. The second kappa shape index (κ2) is 6.31. The Labute approximate surface area is 128 Å². The van der Waals surface area contributed by atoms with Gasteiger partial charge in [0.2, 0.25) is 12.4 Å². The van der Waals surface area contributed by atoms with Crippen LogP contribution >= 0.6 is 0 Å². The Hall–Kier alpha value is -0.920. The van der Waals surface area contributed by atoms with E-state index in [0.29, 0.717) is 0 Å². The summed E-state index contributed by atoms with van der Waals surface area (Å²) in [5.41, 5.74) is 1.99. The van der Waals surface area contributed by atoms with Crippen LogP contribution in [-0.2, 0) is 10.3 Å². The van der Waals surface area contributed by atoms with Crippen LogP contribution in [0.2, 0.25) is 0 Å². The molecule has 0 radical (unpaired) electrons. The summed E-state index contributed by atoms with van der Waals surface area (Å²) in [4.78, 5) is 1.90. The summed E-state index contributed by atoms with van der Waals surface area (Å²) < 4.78 is 30.9. The van der Waals surface area contributed by atoms with Gasteiger partial charge in [-0.15, -0.1) is 0 Å². The number of pyridine rings is 1. The maximum absolute atomic E-state index is 10.6. The molecule has 0 amide bonds. The number of rotatable bonds is 3. The monoisotopic (exact) mass is 275 g/mol. The Morgan fingerprint density at radius 1 is 0.944 bits per heavy atom. The van der Waals surface area contributed by atoms with Gasteiger partial charge in [-0.1, -0.05) is 39.8 Å². The SMILES string of the molecule is O=S(=O)(O)N[n+]1ccc(-c2ccccc2)cc1.[NaH]. The number of aromatic nitrogens is 1. The molecular formula is C11H12N2NaO3S+. The van der Waals surface area contributed by atoms with Gasteiger partial charge in [0.1, 0.15) is 0 Å². The predicted molar refractivity (Wildman–Crippen MR) is 70.1 cm³/mol. The summed E-state index contributed by atoms with van der Waals surface area (Å²) in [5.74, 6) is 0. The second-order valence-electron chi connectivity index (χ2n) is 3.43. The van der Waals surface area contributed by atoms with Crippen molar-refractivity contribution in [3.05, 3.63) is 54.9 Å². The standard InChI is InChI=1S/C11H10N2O3S.Na.H/c14-17(15,16)12-13-8-6-11(7-9-13)10-4-2-1-3-5-10;;/h1-9,12H;;/p+1. The van der Waals surface area contributed by atoms with Crippen LogP contribution in [-0.4, -0.2) is 42.5 Å². The minimum absolute atomic E-state index is 0. The molecule has 0 unspecified atom stereocenters. The zero-order valence-corrected chi connectivity index (χ0v) is 9.63. The van der Waals surface area contributed by atoms with Crippen LogP contribution < -0.4 is 9.51 Å². The number of hydrogen-bond acceptors (Lipinski definition) is 2. The van der Waals surface area contributed by atoms with Crippen molar-refractivity contribution in [1.82, 2.24) is 0 Å². The van der Waals surface area contributed by atoms with Crippen molar-refractivity contribution in [2.24, 2.45) is 0 Å². The molecule has 5 nitrogen and oxygen atoms in total. The summed E-state index contributed by atoms with van der Waals surface area (Å²) >= 11 is 0. The molecule has 18 heavy (non-hydrogen) atoms. The van der Waals surface area contributed by atoms with E-state index in [4.69, 9.17) is 4.55 Å². The molecule has 0 saturated heterocycles. The normalized spacial score (nSPS) is 10.5. The number of hydrogen-bond donors (Lipinski definition) is 2. The molecule has 2 N–H and O–H groups in total. The predicted octanol–water partition coefficient (Wildman–Crippen LogP) is 0.339. The van der Waals surface area contributed by atoms with Crippen LogP contribution in [0.25, 0.3) is 11.1 Å². The van der Waals surface area contributed by atoms with Gasteiger partial charge < -0.3 is 0 Å². The van der Waals surface area contributed by atoms with Gasteiger partial charge in [-0.3, -0.25) is 4.55 Å². The van der Waals surface area contributed by atoms with Crippen LogP contribution in [0.15, 0.2) is 54.9 Å². The fourth-order valence-electron chi connectivity index (χ4n) is 1.44. The number of benzene rings is 1. The van der Waals surface area contributed by atoms with Gasteiger partial charge in [-0.25, -0.2) is 0 Å².